The first-order chi connectivity index (χ1) is 10.3. The van der Waals surface area contributed by atoms with Crippen molar-refractivity contribution in [1.82, 2.24) is 14.5 Å². The summed E-state index contributed by atoms with van der Waals surface area (Å²) < 4.78 is 28.0. The first-order valence-corrected chi connectivity index (χ1v) is 10.1. The highest BCUT2D eigenvalue weighted by Gasteiger charge is 2.27. The molecular weight excluding hydrogens is 318 g/mol. The van der Waals surface area contributed by atoms with Gasteiger partial charge in [-0.05, 0) is 32.0 Å². The van der Waals surface area contributed by atoms with Crippen LogP contribution in [0.4, 0.5) is 0 Å². The molecule has 1 atom stereocenters. The van der Waals surface area contributed by atoms with Crippen LogP contribution in [0, 0.1) is 12.8 Å². The number of piperazine rings is 1. The van der Waals surface area contributed by atoms with E-state index in [4.69, 9.17) is 0 Å². The van der Waals surface area contributed by atoms with E-state index >= 15 is 0 Å². The lowest BCUT2D eigenvalue weighted by molar-refractivity contribution is 0.0905. The van der Waals surface area contributed by atoms with Gasteiger partial charge >= 0.3 is 0 Å². The van der Waals surface area contributed by atoms with Crippen molar-refractivity contribution in [3.05, 3.63) is 17.0 Å². The quantitative estimate of drug-likeness (QED) is 0.851. The normalized spacial score (nSPS) is 19.7. The molecular formula is C15H27N3O2S2. The van der Waals surface area contributed by atoms with E-state index in [0.717, 1.165) is 31.1 Å². The number of hydrogen-bond acceptors (Lipinski definition) is 5. The smallest absolute Gasteiger partial charge is 0.250 e. The average molecular weight is 346 g/mol. The summed E-state index contributed by atoms with van der Waals surface area (Å²) in [5.41, 5.74) is 0. The number of aryl methyl sites for hydroxylation is 1. The van der Waals surface area contributed by atoms with Crippen molar-refractivity contribution >= 4 is 21.4 Å². The minimum absolute atomic E-state index is 0.240. The number of likely N-dealkylation sites (N-methyl/N-ethyl adjacent to an activating group) is 1. The van der Waals surface area contributed by atoms with E-state index in [9.17, 15) is 8.42 Å². The summed E-state index contributed by atoms with van der Waals surface area (Å²) >= 11 is 1.32. The predicted molar refractivity (Wildman–Crippen MR) is 91.9 cm³/mol. The highest BCUT2D eigenvalue weighted by atomic mass is 32.2. The van der Waals surface area contributed by atoms with Crippen LogP contribution in [-0.2, 0) is 10.0 Å². The summed E-state index contributed by atoms with van der Waals surface area (Å²) in [5, 5.41) is 0. The Hall–Kier alpha value is -0.470. The van der Waals surface area contributed by atoms with Crippen LogP contribution in [0.25, 0.3) is 0 Å². The Morgan fingerprint density at radius 2 is 1.86 bits per heavy atom. The van der Waals surface area contributed by atoms with Gasteiger partial charge in [0.25, 0.3) is 0 Å². The highest BCUT2D eigenvalue weighted by Crippen LogP contribution is 2.21. The topological polar surface area (TPSA) is 52.7 Å². The Morgan fingerprint density at radius 3 is 2.36 bits per heavy atom. The second kappa shape index (κ2) is 7.40. The minimum atomic E-state index is -3.39. The number of sulfonamides is 1. The number of nitrogens with zero attached hydrogens (tertiary/aromatic N) is 2. The third-order valence-electron chi connectivity index (χ3n) is 4.24. The molecule has 1 N–H and O–H groups in total. The van der Waals surface area contributed by atoms with Gasteiger partial charge in [0, 0.05) is 43.6 Å². The Kier molecular flexibility index (Phi) is 6.01. The van der Waals surface area contributed by atoms with Gasteiger partial charge in [0.2, 0.25) is 10.0 Å². The third-order valence-corrected chi connectivity index (χ3v) is 7.16. The Balaban J connectivity index is 2.00. The minimum Gasteiger partial charge on any atom is -0.304 e. The van der Waals surface area contributed by atoms with Gasteiger partial charge in [-0.15, -0.1) is 11.3 Å². The SMILES string of the molecule is Cc1ccc(S(=O)(=O)NC[C@H](C(C)C)N2CCN(C)CC2)s1. The first-order valence-electron chi connectivity index (χ1n) is 7.78. The van der Waals surface area contributed by atoms with Gasteiger partial charge in [0.05, 0.1) is 0 Å². The van der Waals surface area contributed by atoms with Gasteiger partial charge in [-0.1, -0.05) is 13.8 Å². The van der Waals surface area contributed by atoms with Crippen molar-refractivity contribution in [3.8, 4) is 0 Å². The number of hydrogen-bond donors (Lipinski definition) is 1. The fourth-order valence-electron chi connectivity index (χ4n) is 2.76. The molecule has 126 valence electrons. The van der Waals surface area contributed by atoms with Gasteiger partial charge in [0.15, 0.2) is 0 Å². The lowest BCUT2D eigenvalue weighted by atomic mass is 10.0. The summed E-state index contributed by atoms with van der Waals surface area (Å²) in [6.45, 7) is 10.8. The molecule has 22 heavy (non-hydrogen) atoms. The molecule has 0 aromatic carbocycles. The molecule has 1 aliphatic heterocycles. The summed E-state index contributed by atoms with van der Waals surface area (Å²) in [4.78, 5) is 5.74. The molecule has 2 heterocycles. The molecule has 1 fully saturated rings. The monoisotopic (exact) mass is 345 g/mol. The van der Waals surface area contributed by atoms with Crippen LogP contribution in [0.5, 0.6) is 0 Å². The first kappa shape index (κ1) is 17.9. The maximum atomic E-state index is 12.4. The number of rotatable bonds is 6. The zero-order chi connectivity index (χ0) is 16.3. The van der Waals surface area contributed by atoms with Gasteiger partial charge < -0.3 is 4.90 Å². The molecule has 0 amide bonds. The molecule has 1 aromatic rings. The summed E-state index contributed by atoms with van der Waals surface area (Å²) in [5.74, 6) is 0.413. The van der Waals surface area contributed by atoms with Crippen molar-refractivity contribution in [2.24, 2.45) is 5.92 Å². The van der Waals surface area contributed by atoms with E-state index in [2.05, 4.69) is 35.4 Å². The van der Waals surface area contributed by atoms with Crippen LogP contribution in [0.15, 0.2) is 16.3 Å². The van der Waals surface area contributed by atoms with Crippen LogP contribution in [0.3, 0.4) is 0 Å². The molecule has 0 aliphatic carbocycles. The summed E-state index contributed by atoms with van der Waals surface area (Å²) in [7, 11) is -1.26. The Labute approximate surface area is 138 Å². The van der Waals surface area contributed by atoms with Crippen molar-refractivity contribution in [2.75, 3.05) is 39.8 Å². The fourth-order valence-corrected chi connectivity index (χ4v) is 5.14. The highest BCUT2D eigenvalue weighted by molar-refractivity contribution is 7.91. The van der Waals surface area contributed by atoms with Crippen LogP contribution in [0.2, 0.25) is 0 Å². The van der Waals surface area contributed by atoms with Crippen LogP contribution >= 0.6 is 11.3 Å². The molecule has 0 spiro atoms. The van der Waals surface area contributed by atoms with E-state index in [1.165, 1.54) is 11.3 Å². The summed E-state index contributed by atoms with van der Waals surface area (Å²) in [6, 6.07) is 3.77. The molecule has 2 rings (SSSR count). The van der Waals surface area contributed by atoms with Crippen LogP contribution in [-0.4, -0.2) is 64.0 Å². The van der Waals surface area contributed by atoms with E-state index < -0.39 is 10.0 Å². The van der Waals surface area contributed by atoms with Crippen LogP contribution < -0.4 is 4.72 Å². The molecule has 0 saturated carbocycles. The van der Waals surface area contributed by atoms with E-state index in [1.807, 2.05) is 13.0 Å². The average Bonchev–Trinajstić information content (AvgIpc) is 2.88. The van der Waals surface area contributed by atoms with Gasteiger partial charge in [-0.2, -0.15) is 0 Å². The second-order valence-corrected chi connectivity index (χ2v) is 9.65. The molecule has 1 saturated heterocycles. The lowest BCUT2D eigenvalue weighted by Gasteiger charge is -2.39. The molecule has 1 aromatic heterocycles. The maximum absolute atomic E-state index is 12.4. The molecule has 0 bridgehead atoms. The second-order valence-electron chi connectivity index (χ2n) is 6.37. The Bertz CT molecular complexity index is 575. The van der Waals surface area contributed by atoms with Crippen molar-refractivity contribution in [3.63, 3.8) is 0 Å². The van der Waals surface area contributed by atoms with Crippen molar-refractivity contribution < 1.29 is 8.42 Å². The van der Waals surface area contributed by atoms with Crippen LogP contribution in [0.1, 0.15) is 18.7 Å². The zero-order valence-corrected chi connectivity index (χ0v) is 15.5. The number of nitrogens with one attached hydrogen (secondary N) is 1. The van der Waals surface area contributed by atoms with Gasteiger partial charge in [-0.3, -0.25) is 4.90 Å². The number of thiophene rings is 1. The molecule has 0 radical (unpaired) electrons. The van der Waals surface area contributed by atoms with Crippen molar-refractivity contribution in [1.29, 1.82) is 0 Å². The van der Waals surface area contributed by atoms with Crippen molar-refractivity contribution in [2.45, 2.75) is 31.0 Å². The maximum Gasteiger partial charge on any atom is 0.250 e. The largest absolute Gasteiger partial charge is 0.304 e. The molecule has 1 aliphatic rings. The van der Waals surface area contributed by atoms with E-state index in [0.29, 0.717) is 16.7 Å². The van der Waals surface area contributed by atoms with Gasteiger partial charge in [0.1, 0.15) is 4.21 Å². The van der Waals surface area contributed by atoms with E-state index in [-0.39, 0.29) is 6.04 Å². The third kappa shape index (κ3) is 4.52. The lowest BCUT2D eigenvalue weighted by Crippen LogP contribution is -2.54. The summed E-state index contributed by atoms with van der Waals surface area (Å²) in [6.07, 6.45) is 0. The standard InChI is InChI=1S/C15H27N3O2S2/c1-12(2)14(18-9-7-17(4)8-10-18)11-16-22(19,20)15-6-5-13(3)21-15/h5-6,12,14,16H,7-11H2,1-4H3/t14-/m1/s1. The molecule has 7 heteroatoms. The fraction of sp³-hybridized carbons (Fsp3) is 0.733. The Morgan fingerprint density at radius 1 is 1.23 bits per heavy atom. The molecule has 0 unspecified atom stereocenters. The molecule has 5 nitrogen and oxygen atoms in total. The van der Waals surface area contributed by atoms with E-state index in [1.54, 1.807) is 6.07 Å². The predicted octanol–water partition coefficient (Wildman–Crippen LogP) is 1.61. The van der Waals surface area contributed by atoms with Gasteiger partial charge in [-0.25, -0.2) is 13.1 Å². The zero-order valence-electron chi connectivity index (χ0n) is 13.9.